The van der Waals surface area contributed by atoms with Gasteiger partial charge in [0.1, 0.15) is 0 Å². The number of aromatic carboxylic acids is 1. The van der Waals surface area contributed by atoms with Gasteiger partial charge < -0.3 is 5.11 Å². The van der Waals surface area contributed by atoms with Gasteiger partial charge in [-0.1, -0.05) is 18.2 Å². The Bertz CT molecular complexity index is 589. The lowest BCUT2D eigenvalue weighted by molar-refractivity contribution is 0.0697. The van der Waals surface area contributed by atoms with Gasteiger partial charge in [0.2, 0.25) is 0 Å². The highest BCUT2D eigenvalue weighted by Gasteiger charge is 2.28. The van der Waals surface area contributed by atoms with Crippen molar-refractivity contribution in [3.05, 3.63) is 53.9 Å². The maximum absolute atomic E-state index is 11.4. The molecule has 0 saturated heterocycles. The van der Waals surface area contributed by atoms with Gasteiger partial charge in [-0.25, -0.2) is 4.79 Å². The summed E-state index contributed by atoms with van der Waals surface area (Å²) in [6.07, 6.45) is 5.73. The number of carbonyl (C=O) groups is 1. The van der Waals surface area contributed by atoms with E-state index in [0.717, 1.165) is 29.5 Å². The van der Waals surface area contributed by atoms with E-state index in [-0.39, 0.29) is 0 Å². The Morgan fingerprint density at radius 3 is 2.67 bits per heavy atom. The molecule has 1 N–H and O–H groups in total. The molecule has 3 heteroatoms. The van der Waals surface area contributed by atoms with E-state index >= 15 is 0 Å². The van der Waals surface area contributed by atoms with E-state index in [0.29, 0.717) is 11.5 Å². The molecule has 1 aromatic heterocycles. The first-order chi connectivity index (χ1) is 8.77. The fourth-order valence-corrected chi connectivity index (χ4v) is 2.32. The molecule has 3 rings (SSSR count). The van der Waals surface area contributed by atoms with Crippen LogP contribution in [0.2, 0.25) is 0 Å². The summed E-state index contributed by atoms with van der Waals surface area (Å²) in [5.74, 6) is -0.365. The first-order valence-corrected chi connectivity index (χ1v) is 6.04. The summed E-state index contributed by atoms with van der Waals surface area (Å²) in [5, 5.41) is 9.33. The second kappa shape index (κ2) is 4.26. The number of pyridine rings is 1. The number of hydrogen-bond acceptors (Lipinski definition) is 2. The molecule has 0 amide bonds. The second-order valence-corrected chi connectivity index (χ2v) is 4.59. The van der Waals surface area contributed by atoms with Crippen molar-refractivity contribution in [2.45, 2.75) is 18.8 Å². The molecule has 0 spiro atoms. The smallest absolute Gasteiger partial charge is 0.336 e. The van der Waals surface area contributed by atoms with Gasteiger partial charge in [-0.15, -0.1) is 0 Å². The normalized spacial score (nSPS) is 14.4. The predicted molar refractivity (Wildman–Crippen MR) is 68.6 cm³/mol. The highest BCUT2D eigenvalue weighted by molar-refractivity contribution is 5.97. The second-order valence-electron chi connectivity index (χ2n) is 4.59. The van der Waals surface area contributed by atoms with Crippen LogP contribution in [0.25, 0.3) is 11.1 Å². The fraction of sp³-hybridized carbons (Fsp3) is 0.200. The highest BCUT2D eigenvalue weighted by Crippen LogP contribution is 2.45. The molecule has 0 atom stereocenters. The molecular weight excluding hydrogens is 226 g/mol. The van der Waals surface area contributed by atoms with Gasteiger partial charge in [0, 0.05) is 23.5 Å². The molecule has 2 aromatic rings. The Hall–Kier alpha value is -2.16. The summed E-state index contributed by atoms with van der Waals surface area (Å²) < 4.78 is 0. The van der Waals surface area contributed by atoms with Crippen molar-refractivity contribution in [3.63, 3.8) is 0 Å². The Kier molecular flexibility index (Phi) is 2.59. The van der Waals surface area contributed by atoms with Gasteiger partial charge in [-0.2, -0.15) is 0 Å². The first-order valence-electron chi connectivity index (χ1n) is 6.04. The number of hydrogen-bond donors (Lipinski definition) is 1. The largest absolute Gasteiger partial charge is 0.478 e. The predicted octanol–water partition coefficient (Wildman–Crippen LogP) is 3.32. The Morgan fingerprint density at radius 2 is 2.06 bits per heavy atom. The topological polar surface area (TPSA) is 50.2 Å². The van der Waals surface area contributed by atoms with E-state index in [4.69, 9.17) is 0 Å². The maximum atomic E-state index is 11.4. The van der Waals surface area contributed by atoms with E-state index in [1.165, 1.54) is 0 Å². The molecule has 0 bridgehead atoms. The van der Waals surface area contributed by atoms with Crippen molar-refractivity contribution >= 4 is 5.97 Å². The van der Waals surface area contributed by atoms with E-state index in [9.17, 15) is 9.90 Å². The van der Waals surface area contributed by atoms with Crippen molar-refractivity contribution in [1.82, 2.24) is 4.98 Å². The zero-order valence-corrected chi connectivity index (χ0v) is 9.84. The molecule has 1 saturated carbocycles. The summed E-state index contributed by atoms with van der Waals surface area (Å²) in [6.45, 7) is 0. The molecule has 1 aliphatic carbocycles. The molecule has 3 nitrogen and oxygen atoms in total. The summed E-state index contributed by atoms with van der Waals surface area (Å²) in [6, 6.07) is 9.28. The summed E-state index contributed by atoms with van der Waals surface area (Å²) in [4.78, 5) is 15.5. The first kappa shape index (κ1) is 11.0. The van der Waals surface area contributed by atoms with Gasteiger partial charge >= 0.3 is 5.97 Å². The Morgan fingerprint density at radius 1 is 1.22 bits per heavy atom. The summed E-state index contributed by atoms with van der Waals surface area (Å²) in [5.41, 5.74) is 3.23. The Labute approximate surface area is 105 Å². The quantitative estimate of drug-likeness (QED) is 0.893. The van der Waals surface area contributed by atoms with Crippen LogP contribution in [-0.4, -0.2) is 16.1 Å². The molecule has 0 aliphatic heterocycles. The van der Waals surface area contributed by atoms with Gasteiger partial charge in [0.25, 0.3) is 0 Å². The molecule has 1 heterocycles. The molecule has 90 valence electrons. The van der Waals surface area contributed by atoms with Crippen LogP contribution in [0, 0.1) is 0 Å². The third kappa shape index (κ3) is 1.88. The standard InChI is InChI=1S/C15H13NO2/c17-15(18)13-5-1-4-12(10-6-7-10)14(13)11-3-2-8-16-9-11/h1-5,8-10H,6-7H2,(H,17,18). The third-order valence-electron chi connectivity index (χ3n) is 3.29. The number of benzene rings is 1. The zero-order valence-electron chi connectivity index (χ0n) is 9.84. The minimum absolute atomic E-state index is 0.368. The lowest BCUT2D eigenvalue weighted by atomic mass is 9.93. The molecule has 1 aliphatic rings. The van der Waals surface area contributed by atoms with Crippen molar-refractivity contribution in [3.8, 4) is 11.1 Å². The van der Waals surface area contributed by atoms with Crippen LogP contribution in [0.3, 0.4) is 0 Å². The number of carboxylic acid groups (broad SMARTS) is 1. The van der Waals surface area contributed by atoms with Crippen molar-refractivity contribution in [2.75, 3.05) is 0 Å². The Balaban J connectivity index is 2.23. The number of nitrogens with zero attached hydrogens (tertiary/aromatic N) is 1. The number of rotatable bonds is 3. The molecule has 0 unspecified atom stereocenters. The van der Waals surface area contributed by atoms with Crippen molar-refractivity contribution in [1.29, 1.82) is 0 Å². The minimum Gasteiger partial charge on any atom is -0.478 e. The van der Waals surface area contributed by atoms with E-state index in [2.05, 4.69) is 4.98 Å². The molecule has 18 heavy (non-hydrogen) atoms. The SMILES string of the molecule is O=C(O)c1cccc(C2CC2)c1-c1cccnc1. The number of aromatic nitrogens is 1. The molecule has 0 radical (unpaired) electrons. The lowest BCUT2D eigenvalue weighted by Gasteiger charge is -2.12. The average molecular weight is 239 g/mol. The third-order valence-corrected chi connectivity index (χ3v) is 3.29. The van der Waals surface area contributed by atoms with Crippen molar-refractivity contribution < 1.29 is 9.90 Å². The van der Waals surface area contributed by atoms with Crippen LogP contribution in [-0.2, 0) is 0 Å². The van der Waals surface area contributed by atoms with Crippen molar-refractivity contribution in [2.24, 2.45) is 0 Å². The van der Waals surface area contributed by atoms with E-state index < -0.39 is 5.97 Å². The summed E-state index contributed by atoms with van der Waals surface area (Å²) >= 11 is 0. The fourth-order valence-electron chi connectivity index (χ4n) is 2.32. The highest BCUT2D eigenvalue weighted by atomic mass is 16.4. The van der Waals surface area contributed by atoms with Gasteiger partial charge in [-0.05, 0) is 36.5 Å². The van der Waals surface area contributed by atoms with Crippen LogP contribution in [0.1, 0.15) is 34.7 Å². The van der Waals surface area contributed by atoms with E-state index in [1.54, 1.807) is 18.5 Å². The van der Waals surface area contributed by atoms with Gasteiger partial charge in [0.15, 0.2) is 0 Å². The van der Waals surface area contributed by atoms with E-state index in [1.807, 2.05) is 24.3 Å². The van der Waals surface area contributed by atoms with Crippen LogP contribution in [0.15, 0.2) is 42.7 Å². The minimum atomic E-state index is -0.878. The van der Waals surface area contributed by atoms with Crippen LogP contribution >= 0.6 is 0 Å². The van der Waals surface area contributed by atoms with Crippen LogP contribution < -0.4 is 0 Å². The number of carboxylic acids is 1. The lowest BCUT2D eigenvalue weighted by Crippen LogP contribution is -2.02. The van der Waals surface area contributed by atoms with Crippen LogP contribution in [0.4, 0.5) is 0 Å². The molecule has 1 fully saturated rings. The monoisotopic (exact) mass is 239 g/mol. The van der Waals surface area contributed by atoms with Crippen LogP contribution in [0.5, 0.6) is 0 Å². The molecule has 1 aromatic carbocycles. The molecular formula is C15H13NO2. The zero-order chi connectivity index (χ0) is 12.5. The maximum Gasteiger partial charge on any atom is 0.336 e. The van der Waals surface area contributed by atoms with Gasteiger partial charge in [0.05, 0.1) is 5.56 Å². The summed E-state index contributed by atoms with van der Waals surface area (Å²) in [7, 11) is 0. The van der Waals surface area contributed by atoms with Gasteiger partial charge in [-0.3, -0.25) is 4.98 Å². The average Bonchev–Trinajstić information content (AvgIpc) is 3.23.